The fourth-order valence-electron chi connectivity index (χ4n) is 3.71. The quantitative estimate of drug-likeness (QED) is 0.521. The molecule has 0 radical (unpaired) electrons. The normalized spacial score (nSPS) is 12.2. The van der Waals surface area contributed by atoms with Crippen LogP contribution in [0.3, 0.4) is 0 Å². The Hall–Kier alpha value is -3.94. The minimum absolute atomic E-state index is 0.128. The number of hydrogen-bond donors (Lipinski definition) is 1. The summed E-state index contributed by atoms with van der Waals surface area (Å²) in [5.41, 5.74) is 0.109. The highest BCUT2D eigenvalue weighted by molar-refractivity contribution is 5.80. The molecule has 8 nitrogen and oxygen atoms in total. The first-order valence-corrected chi connectivity index (χ1v) is 9.28. The number of pyridine rings is 2. The van der Waals surface area contributed by atoms with E-state index < -0.39 is 23.3 Å². The highest BCUT2D eigenvalue weighted by Crippen LogP contribution is 2.31. The van der Waals surface area contributed by atoms with Gasteiger partial charge in [-0.2, -0.15) is 4.98 Å². The Balaban J connectivity index is 2.04. The molecule has 1 aromatic carbocycles. The van der Waals surface area contributed by atoms with E-state index in [0.717, 1.165) is 5.39 Å². The van der Waals surface area contributed by atoms with Gasteiger partial charge in [0.05, 0.1) is 24.6 Å². The van der Waals surface area contributed by atoms with Gasteiger partial charge in [0.25, 0.3) is 11.1 Å². The first-order valence-electron chi connectivity index (χ1n) is 9.28. The molecule has 0 unspecified atom stereocenters. The van der Waals surface area contributed by atoms with E-state index in [9.17, 15) is 19.5 Å². The number of carbonyl (C=O) groups is 1. The lowest BCUT2D eigenvalue weighted by atomic mass is 9.89. The van der Waals surface area contributed by atoms with E-state index in [1.807, 2.05) is 18.2 Å². The molecular formula is C22H19N3O5. The summed E-state index contributed by atoms with van der Waals surface area (Å²) < 4.78 is 7.51. The van der Waals surface area contributed by atoms with Gasteiger partial charge in [-0.3, -0.25) is 18.8 Å². The van der Waals surface area contributed by atoms with Crippen molar-refractivity contribution in [3.05, 3.63) is 86.6 Å². The molecule has 0 saturated heterocycles. The second kappa shape index (κ2) is 7.47. The van der Waals surface area contributed by atoms with Crippen LogP contribution in [0.15, 0.2) is 64.3 Å². The molecule has 152 valence electrons. The summed E-state index contributed by atoms with van der Waals surface area (Å²) in [6, 6.07) is 13.8. The Morgan fingerprint density at radius 3 is 2.63 bits per heavy atom. The monoisotopic (exact) mass is 405 g/mol. The van der Waals surface area contributed by atoms with Gasteiger partial charge in [-0.15, -0.1) is 0 Å². The van der Waals surface area contributed by atoms with E-state index in [0.29, 0.717) is 5.52 Å². The number of rotatable bonds is 4. The maximum Gasteiger partial charge on any atom is 0.306 e. The van der Waals surface area contributed by atoms with Gasteiger partial charge in [0.2, 0.25) is 5.88 Å². The zero-order chi connectivity index (χ0) is 21.4. The molecule has 30 heavy (non-hydrogen) atoms. The molecule has 0 saturated carbocycles. The fourth-order valence-corrected chi connectivity index (χ4v) is 3.71. The lowest BCUT2D eigenvalue weighted by Gasteiger charge is -2.19. The lowest BCUT2D eigenvalue weighted by molar-refractivity contribution is -0.140. The molecule has 0 bridgehead atoms. The van der Waals surface area contributed by atoms with Crippen molar-refractivity contribution in [1.82, 2.24) is 14.0 Å². The first-order chi connectivity index (χ1) is 14.4. The summed E-state index contributed by atoms with van der Waals surface area (Å²) in [4.78, 5) is 42.6. The van der Waals surface area contributed by atoms with Gasteiger partial charge in [0.1, 0.15) is 5.65 Å². The summed E-state index contributed by atoms with van der Waals surface area (Å²) in [6.07, 6.45) is 1.22. The number of aromatic nitrogens is 3. The highest BCUT2D eigenvalue weighted by atomic mass is 16.5. The van der Waals surface area contributed by atoms with Gasteiger partial charge in [0, 0.05) is 24.7 Å². The lowest BCUT2D eigenvalue weighted by Crippen LogP contribution is -2.30. The van der Waals surface area contributed by atoms with Crippen molar-refractivity contribution in [3.8, 4) is 5.88 Å². The summed E-state index contributed by atoms with van der Waals surface area (Å²) in [5, 5.41) is 11.4. The van der Waals surface area contributed by atoms with Gasteiger partial charge >= 0.3 is 5.97 Å². The molecule has 0 aliphatic carbocycles. The van der Waals surface area contributed by atoms with E-state index in [1.165, 1.54) is 22.3 Å². The zero-order valence-electron chi connectivity index (χ0n) is 16.4. The third kappa shape index (κ3) is 3.12. The molecule has 0 amide bonds. The number of para-hydroxylation sites is 1. The predicted molar refractivity (Wildman–Crippen MR) is 111 cm³/mol. The van der Waals surface area contributed by atoms with Crippen LogP contribution in [0.2, 0.25) is 0 Å². The predicted octanol–water partition coefficient (Wildman–Crippen LogP) is 1.95. The SMILES string of the molecule is COC(=O)C[C@H](c1cc2ccccc2n(C)c1=O)c1c(O)nc2ccccn2c1=O. The molecule has 4 aromatic rings. The summed E-state index contributed by atoms with van der Waals surface area (Å²) in [6.45, 7) is 0. The van der Waals surface area contributed by atoms with E-state index >= 15 is 0 Å². The van der Waals surface area contributed by atoms with Crippen molar-refractivity contribution in [3.63, 3.8) is 0 Å². The molecule has 4 rings (SSSR count). The Morgan fingerprint density at radius 2 is 1.87 bits per heavy atom. The van der Waals surface area contributed by atoms with Crippen LogP contribution in [0.1, 0.15) is 23.5 Å². The van der Waals surface area contributed by atoms with Crippen LogP contribution < -0.4 is 11.1 Å². The Bertz CT molecular complexity index is 1400. The van der Waals surface area contributed by atoms with Crippen LogP contribution in [0.4, 0.5) is 0 Å². The molecule has 1 atom stereocenters. The van der Waals surface area contributed by atoms with E-state index in [4.69, 9.17) is 4.74 Å². The minimum Gasteiger partial charge on any atom is -0.493 e. The largest absolute Gasteiger partial charge is 0.493 e. The fraction of sp³-hybridized carbons (Fsp3) is 0.182. The molecule has 1 N–H and O–H groups in total. The maximum absolute atomic E-state index is 13.2. The second-order valence-corrected chi connectivity index (χ2v) is 6.94. The number of esters is 1. The number of aryl methyl sites for hydroxylation is 1. The van der Waals surface area contributed by atoms with E-state index in [2.05, 4.69) is 4.98 Å². The van der Waals surface area contributed by atoms with Crippen LogP contribution in [-0.2, 0) is 16.6 Å². The van der Waals surface area contributed by atoms with Crippen LogP contribution in [0.5, 0.6) is 5.88 Å². The minimum atomic E-state index is -1.03. The van der Waals surface area contributed by atoms with Crippen LogP contribution in [0, 0.1) is 0 Å². The standard InChI is InChI=1S/C22H19N3O5/c1-24-16-8-4-3-7-13(16)11-15(21(24)28)14(12-18(26)30-2)19-20(27)23-17-9-5-6-10-25(17)22(19)29/h3-11,14,27H,12H2,1-2H3/t14-/m1/s1. The third-order valence-corrected chi connectivity index (χ3v) is 5.23. The number of carbonyl (C=O) groups excluding carboxylic acids is 1. The van der Waals surface area contributed by atoms with Crippen LogP contribution in [0.25, 0.3) is 16.6 Å². The zero-order valence-corrected chi connectivity index (χ0v) is 16.4. The molecule has 0 aliphatic heterocycles. The van der Waals surface area contributed by atoms with E-state index in [-0.39, 0.29) is 28.8 Å². The first kappa shape index (κ1) is 19.4. The van der Waals surface area contributed by atoms with Crippen LogP contribution >= 0.6 is 0 Å². The van der Waals surface area contributed by atoms with Crippen LogP contribution in [-0.4, -0.2) is 32.1 Å². The topological polar surface area (TPSA) is 103 Å². The number of ether oxygens (including phenoxy) is 1. The van der Waals surface area contributed by atoms with Gasteiger partial charge in [0.15, 0.2) is 0 Å². The van der Waals surface area contributed by atoms with Gasteiger partial charge < -0.3 is 14.4 Å². The number of methoxy groups -OCH3 is 1. The molecule has 3 aromatic heterocycles. The number of aromatic hydroxyl groups is 1. The summed E-state index contributed by atoms with van der Waals surface area (Å²) in [5.74, 6) is -2.17. The average Bonchev–Trinajstić information content (AvgIpc) is 2.75. The van der Waals surface area contributed by atoms with Crippen molar-refractivity contribution in [2.45, 2.75) is 12.3 Å². The van der Waals surface area contributed by atoms with Crippen molar-refractivity contribution < 1.29 is 14.6 Å². The van der Waals surface area contributed by atoms with Crippen molar-refractivity contribution >= 4 is 22.5 Å². The highest BCUT2D eigenvalue weighted by Gasteiger charge is 2.29. The molecule has 0 spiro atoms. The van der Waals surface area contributed by atoms with Gasteiger partial charge in [-0.1, -0.05) is 24.3 Å². The van der Waals surface area contributed by atoms with Crippen molar-refractivity contribution in [2.75, 3.05) is 7.11 Å². The van der Waals surface area contributed by atoms with Crippen molar-refractivity contribution in [1.29, 1.82) is 0 Å². The van der Waals surface area contributed by atoms with Gasteiger partial charge in [-0.05, 0) is 29.7 Å². The Labute approximate surface area is 170 Å². The Kier molecular flexibility index (Phi) is 4.83. The average molecular weight is 405 g/mol. The van der Waals surface area contributed by atoms with E-state index in [1.54, 1.807) is 37.4 Å². The molecule has 0 fully saturated rings. The number of nitrogens with zero attached hydrogens (tertiary/aromatic N) is 3. The summed E-state index contributed by atoms with van der Waals surface area (Å²) >= 11 is 0. The number of fused-ring (bicyclic) bond motifs is 2. The molecule has 3 heterocycles. The molecule has 0 aliphatic rings. The number of benzene rings is 1. The smallest absolute Gasteiger partial charge is 0.306 e. The van der Waals surface area contributed by atoms with Gasteiger partial charge in [-0.25, -0.2) is 0 Å². The number of hydrogen-bond acceptors (Lipinski definition) is 6. The maximum atomic E-state index is 13.2. The molecule has 8 heteroatoms. The third-order valence-electron chi connectivity index (χ3n) is 5.23. The van der Waals surface area contributed by atoms with Crippen molar-refractivity contribution in [2.24, 2.45) is 7.05 Å². The summed E-state index contributed by atoms with van der Waals surface area (Å²) in [7, 11) is 2.85. The molecular weight excluding hydrogens is 386 g/mol. The second-order valence-electron chi connectivity index (χ2n) is 6.94. The Morgan fingerprint density at radius 1 is 1.13 bits per heavy atom.